The van der Waals surface area contributed by atoms with Crippen LogP contribution in [0.4, 0.5) is 10.1 Å². The maximum absolute atomic E-state index is 14.0. The van der Waals surface area contributed by atoms with Crippen molar-refractivity contribution in [2.24, 2.45) is 11.1 Å². The standard InChI is InChI=1S/C22H26FN3O4S/c1-15(2)13-24-31(28,29)14-16-7-6-8-17(11-16)25-21(27)22(3)12-20(26-30-22)18-9-4-5-10-19(18)23/h4-11,15,24H,12-14H2,1-3H3,(H,25,27). The second kappa shape index (κ2) is 9.15. The SMILES string of the molecule is CC(C)CNS(=O)(=O)Cc1cccc(NC(=O)C2(C)CC(c3ccccc3F)=NO2)c1. The molecular formula is C22H26FN3O4S. The van der Waals surface area contributed by atoms with Gasteiger partial charge in [-0.25, -0.2) is 17.5 Å². The van der Waals surface area contributed by atoms with E-state index in [2.05, 4.69) is 15.2 Å². The number of hydrogen-bond acceptors (Lipinski definition) is 5. The maximum atomic E-state index is 14.0. The fourth-order valence-electron chi connectivity index (χ4n) is 3.07. The molecule has 1 heterocycles. The van der Waals surface area contributed by atoms with Crippen molar-refractivity contribution in [3.8, 4) is 0 Å². The minimum Gasteiger partial charge on any atom is -0.379 e. The molecule has 0 saturated heterocycles. The lowest BCUT2D eigenvalue weighted by Gasteiger charge is -2.20. The predicted molar refractivity (Wildman–Crippen MR) is 118 cm³/mol. The average molecular weight is 448 g/mol. The quantitative estimate of drug-likeness (QED) is 0.648. The summed E-state index contributed by atoms with van der Waals surface area (Å²) >= 11 is 0. The highest BCUT2D eigenvalue weighted by molar-refractivity contribution is 7.88. The number of carbonyl (C=O) groups is 1. The fourth-order valence-corrected chi connectivity index (χ4v) is 4.38. The molecule has 1 aliphatic rings. The summed E-state index contributed by atoms with van der Waals surface area (Å²) in [4.78, 5) is 18.2. The molecule has 3 rings (SSSR count). The summed E-state index contributed by atoms with van der Waals surface area (Å²) in [5.41, 5.74) is 0.311. The first-order chi connectivity index (χ1) is 14.6. The van der Waals surface area contributed by atoms with Crippen LogP contribution in [0, 0.1) is 11.7 Å². The number of rotatable bonds is 8. The van der Waals surface area contributed by atoms with Crippen molar-refractivity contribution in [3.63, 3.8) is 0 Å². The van der Waals surface area contributed by atoms with E-state index >= 15 is 0 Å². The van der Waals surface area contributed by atoms with Gasteiger partial charge >= 0.3 is 0 Å². The molecule has 7 nitrogen and oxygen atoms in total. The molecule has 0 fully saturated rings. The van der Waals surface area contributed by atoms with Crippen LogP contribution in [-0.2, 0) is 25.4 Å². The summed E-state index contributed by atoms with van der Waals surface area (Å²) in [7, 11) is -3.49. The third-order valence-corrected chi connectivity index (χ3v) is 6.10. The molecule has 31 heavy (non-hydrogen) atoms. The first-order valence-electron chi connectivity index (χ1n) is 9.96. The minimum atomic E-state index is -3.49. The van der Waals surface area contributed by atoms with Gasteiger partial charge in [0.15, 0.2) is 0 Å². The zero-order chi connectivity index (χ0) is 22.6. The zero-order valence-electron chi connectivity index (χ0n) is 17.7. The number of nitrogens with zero attached hydrogens (tertiary/aromatic N) is 1. The number of amides is 1. The molecule has 2 aromatic carbocycles. The average Bonchev–Trinajstić information content (AvgIpc) is 3.10. The van der Waals surface area contributed by atoms with E-state index < -0.39 is 27.3 Å². The number of anilines is 1. The summed E-state index contributed by atoms with van der Waals surface area (Å²) in [6, 6.07) is 12.8. The summed E-state index contributed by atoms with van der Waals surface area (Å²) in [6.45, 7) is 5.78. The molecule has 0 saturated carbocycles. The molecular weight excluding hydrogens is 421 g/mol. The molecule has 0 aliphatic carbocycles. The Morgan fingerprint density at radius 1 is 1.23 bits per heavy atom. The van der Waals surface area contributed by atoms with E-state index in [-0.39, 0.29) is 18.1 Å². The molecule has 0 radical (unpaired) electrons. The van der Waals surface area contributed by atoms with E-state index in [9.17, 15) is 17.6 Å². The summed E-state index contributed by atoms with van der Waals surface area (Å²) < 4.78 is 41.1. The molecule has 0 aromatic heterocycles. The molecule has 2 N–H and O–H groups in total. The first kappa shape index (κ1) is 22.9. The van der Waals surface area contributed by atoms with Crippen LogP contribution >= 0.6 is 0 Å². The van der Waals surface area contributed by atoms with Gasteiger partial charge in [0.1, 0.15) is 5.82 Å². The number of benzene rings is 2. The first-order valence-corrected chi connectivity index (χ1v) is 11.6. The van der Waals surface area contributed by atoms with E-state index in [1.165, 1.54) is 6.07 Å². The van der Waals surface area contributed by atoms with Gasteiger partial charge in [0.25, 0.3) is 5.91 Å². The van der Waals surface area contributed by atoms with Gasteiger partial charge < -0.3 is 10.2 Å². The third-order valence-electron chi connectivity index (χ3n) is 4.78. The Morgan fingerprint density at radius 2 is 1.97 bits per heavy atom. The Hall–Kier alpha value is -2.78. The normalized spacial score (nSPS) is 18.5. The van der Waals surface area contributed by atoms with Crippen LogP contribution in [0.5, 0.6) is 0 Å². The number of oxime groups is 1. The smallest absolute Gasteiger partial charge is 0.271 e. The van der Waals surface area contributed by atoms with Crippen LogP contribution in [0.2, 0.25) is 0 Å². The van der Waals surface area contributed by atoms with E-state index in [0.717, 1.165) is 0 Å². The van der Waals surface area contributed by atoms with Gasteiger partial charge in [0, 0.05) is 24.2 Å². The van der Waals surface area contributed by atoms with Crippen LogP contribution < -0.4 is 10.0 Å². The number of nitrogens with one attached hydrogen (secondary N) is 2. The number of sulfonamides is 1. The van der Waals surface area contributed by atoms with Gasteiger partial charge in [0.2, 0.25) is 15.6 Å². The van der Waals surface area contributed by atoms with E-state index in [1.807, 2.05) is 13.8 Å². The van der Waals surface area contributed by atoms with Crippen LogP contribution in [0.3, 0.4) is 0 Å². The van der Waals surface area contributed by atoms with Gasteiger partial charge in [0.05, 0.1) is 11.5 Å². The molecule has 1 unspecified atom stereocenters. The lowest BCUT2D eigenvalue weighted by molar-refractivity contribution is -0.135. The largest absolute Gasteiger partial charge is 0.379 e. The second-order valence-electron chi connectivity index (χ2n) is 8.17. The van der Waals surface area contributed by atoms with Crippen molar-refractivity contribution in [1.82, 2.24) is 4.72 Å². The summed E-state index contributed by atoms with van der Waals surface area (Å²) in [5, 5.41) is 6.65. The van der Waals surface area contributed by atoms with Crippen molar-refractivity contribution in [3.05, 3.63) is 65.5 Å². The van der Waals surface area contributed by atoms with Crippen molar-refractivity contribution in [2.75, 3.05) is 11.9 Å². The molecule has 0 bridgehead atoms. The van der Waals surface area contributed by atoms with Crippen molar-refractivity contribution >= 4 is 27.3 Å². The Labute approximate surface area is 181 Å². The minimum absolute atomic E-state index is 0.104. The Balaban J connectivity index is 1.66. The van der Waals surface area contributed by atoms with Gasteiger partial charge in [-0.2, -0.15) is 0 Å². The molecule has 2 aromatic rings. The Morgan fingerprint density at radius 3 is 2.68 bits per heavy atom. The number of carbonyl (C=O) groups excluding carboxylic acids is 1. The zero-order valence-corrected chi connectivity index (χ0v) is 18.5. The van der Waals surface area contributed by atoms with Crippen LogP contribution in [0.15, 0.2) is 53.7 Å². The molecule has 166 valence electrons. The van der Waals surface area contributed by atoms with Crippen LogP contribution in [0.25, 0.3) is 0 Å². The van der Waals surface area contributed by atoms with Crippen molar-refractivity contribution in [1.29, 1.82) is 0 Å². The maximum Gasteiger partial charge on any atom is 0.271 e. The van der Waals surface area contributed by atoms with E-state index in [0.29, 0.717) is 29.1 Å². The fraction of sp³-hybridized carbons (Fsp3) is 0.364. The Bertz CT molecular complexity index is 1100. The molecule has 9 heteroatoms. The molecule has 1 aliphatic heterocycles. The van der Waals surface area contributed by atoms with Crippen LogP contribution in [-0.4, -0.2) is 32.2 Å². The second-order valence-corrected chi connectivity index (χ2v) is 9.98. The van der Waals surface area contributed by atoms with Gasteiger partial charge in [-0.1, -0.05) is 49.3 Å². The highest BCUT2D eigenvalue weighted by atomic mass is 32.2. The predicted octanol–water partition coefficient (Wildman–Crippen LogP) is 3.42. The molecule has 1 atom stereocenters. The van der Waals surface area contributed by atoms with Gasteiger partial charge in [-0.3, -0.25) is 4.79 Å². The number of halogens is 1. The highest BCUT2D eigenvalue weighted by Gasteiger charge is 2.42. The number of hydrogen-bond donors (Lipinski definition) is 2. The van der Waals surface area contributed by atoms with Crippen LogP contribution in [0.1, 0.15) is 38.3 Å². The summed E-state index contributed by atoms with van der Waals surface area (Å²) in [5.74, 6) is -0.892. The van der Waals surface area contributed by atoms with Gasteiger partial charge in [-0.05, 0) is 36.6 Å². The molecule has 1 amide bonds. The lowest BCUT2D eigenvalue weighted by Crippen LogP contribution is -2.40. The summed E-state index contributed by atoms with van der Waals surface area (Å²) in [6.07, 6.45) is 0.104. The third kappa shape index (κ3) is 5.89. The van der Waals surface area contributed by atoms with E-state index in [1.54, 1.807) is 49.4 Å². The Kier molecular flexibility index (Phi) is 6.76. The van der Waals surface area contributed by atoms with Gasteiger partial charge in [-0.15, -0.1) is 0 Å². The monoisotopic (exact) mass is 447 g/mol. The van der Waals surface area contributed by atoms with E-state index in [4.69, 9.17) is 4.84 Å². The van der Waals surface area contributed by atoms with Crippen molar-refractivity contribution in [2.45, 2.75) is 38.5 Å². The topological polar surface area (TPSA) is 96.9 Å². The van der Waals surface area contributed by atoms with Crippen molar-refractivity contribution < 1.29 is 22.4 Å². The highest BCUT2D eigenvalue weighted by Crippen LogP contribution is 2.29. The molecule has 0 spiro atoms. The lowest BCUT2D eigenvalue weighted by atomic mass is 9.94.